The Balaban J connectivity index is 1.20. The van der Waals surface area contributed by atoms with Crippen LogP contribution in [0, 0.1) is 40.4 Å². The van der Waals surface area contributed by atoms with E-state index in [9.17, 15) is 15.0 Å². The maximum atomic E-state index is 11.9. The first kappa shape index (κ1) is 26.8. The molecule has 0 radical (unpaired) electrons. The lowest BCUT2D eigenvalue weighted by Gasteiger charge is -2.59. The van der Waals surface area contributed by atoms with Gasteiger partial charge < -0.3 is 10.2 Å². The fourth-order valence-corrected chi connectivity index (χ4v) is 10.0. The van der Waals surface area contributed by atoms with Gasteiger partial charge in [-0.05, 0) is 108 Å². The summed E-state index contributed by atoms with van der Waals surface area (Å²) < 4.78 is 0. The van der Waals surface area contributed by atoms with Crippen LogP contribution in [-0.4, -0.2) is 16.2 Å². The molecule has 0 heterocycles. The highest BCUT2D eigenvalue weighted by Crippen LogP contribution is 2.68. The molecule has 208 valence electrons. The number of benzene rings is 2. The van der Waals surface area contributed by atoms with Crippen molar-refractivity contribution in [3.8, 4) is 11.1 Å². The lowest BCUT2D eigenvalue weighted by molar-refractivity contribution is -0.137. The summed E-state index contributed by atoms with van der Waals surface area (Å²) in [6.45, 7) is 7.36. The molecule has 4 aliphatic rings. The van der Waals surface area contributed by atoms with Crippen LogP contribution in [0.3, 0.4) is 0 Å². The molecule has 8 atom stereocenters. The number of carboxylic acids is 1. The summed E-state index contributed by atoms with van der Waals surface area (Å²) in [5.41, 5.74) is 4.71. The van der Waals surface area contributed by atoms with Crippen molar-refractivity contribution in [2.24, 2.45) is 40.4 Å². The van der Waals surface area contributed by atoms with E-state index in [0.29, 0.717) is 29.6 Å². The van der Waals surface area contributed by atoms with Crippen molar-refractivity contribution < 1.29 is 15.0 Å². The molecule has 0 unspecified atom stereocenters. The molecule has 0 amide bonds. The summed E-state index contributed by atoms with van der Waals surface area (Å²) in [4.78, 5) is 11.2. The molecule has 0 aromatic heterocycles. The van der Waals surface area contributed by atoms with Gasteiger partial charge in [0.25, 0.3) is 0 Å². The fourth-order valence-electron chi connectivity index (χ4n) is 10.0. The number of aliphatic carboxylic acids is 1. The Labute approximate surface area is 234 Å². The Morgan fingerprint density at radius 2 is 1.64 bits per heavy atom. The first-order valence-corrected chi connectivity index (χ1v) is 15.4. The molecule has 3 saturated carbocycles. The molecule has 0 spiro atoms. The zero-order chi connectivity index (χ0) is 27.4. The summed E-state index contributed by atoms with van der Waals surface area (Å²) in [7, 11) is 0. The standard InChI is InChI=1S/C36H46O3/c1-24(9-18-33(37)38)30-16-17-31-29-15-14-28-23-36(39,22-21-34(28,2)32(29)19-20-35(30,31)3)27-12-10-26(11-13-27)25-7-5-4-6-8-25/h4-8,10-14,24,29-32,39H,9,15-23H2,1-3H3,(H,37,38)/t24-,29+,30-,31+,32+,34+,35-,36-/m1/s1. The Bertz CT molecular complexity index is 1230. The van der Waals surface area contributed by atoms with Crippen molar-refractivity contribution >= 4 is 5.97 Å². The molecule has 0 saturated heterocycles. The summed E-state index contributed by atoms with van der Waals surface area (Å²) in [6, 6.07) is 19.1. The molecular weight excluding hydrogens is 480 g/mol. The van der Waals surface area contributed by atoms with E-state index < -0.39 is 11.6 Å². The second kappa shape index (κ2) is 9.91. The molecule has 2 aromatic carbocycles. The average molecular weight is 527 g/mol. The van der Waals surface area contributed by atoms with Gasteiger partial charge in [-0.1, -0.05) is 87.0 Å². The molecule has 6 rings (SSSR count). The minimum Gasteiger partial charge on any atom is -0.481 e. The predicted octanol–water partition coefficient (Wildman–Crippen LogP) is 8.62. The predicted molar refractivity (Wildman–Crippen MR) is 157 cm³/mol. The third-order valence-corrected chi connectivity index (χ3v) is 12.3. The van der Waals surface area contributed by atoms with Gasteiger partial charge in [-0.3, -0.25) is 4.79 Å². The van der Waals surface area contributed by atoms with E-state index in [-0.39, 0.29) is 5.41 Å². The molecule has 3 heteroatoms. The van der Waals surface area contributed by atoms with Gasteiger partial charge in [0.1, 0.15) is 0 Å². The summed E-state index contributed by atoms with van der Waals surface area (Å²) in [5.74, 6) is 2.65. The van der Waals surface area contributed by atoms with Crippen molar-refractivity contribution in [3.63, 3.8) is 0 Å². The second-order valence-electron chi connectivity index (χ2n) is 14.0. The number of carbonyl (C=O) groups is 1. The van der Waals surface area contributed by atoms with Gasteiger partial charge in [0.2, 0.25) is 0 Å². The van der Waals surface area contributed by atoms with Crippen molar-refractivity contribution in [1.82, 2.24) is 0 Å². The van der Waals surface area contributed by atoms with Gasteiger partial charge in [-0.25, -0.2) is 0 Å². The highest BCUT2D eigenvalue weighted by atomic mass is 16.4. The van der Waals surface area contributed by atoms with E-state index in [4.69, 9.17) is 0 Å². The summed E-state index contributed by atoms with van der Waals surface area (Å²) >= 11 is 0. The van der Waals surface area contributed by atoms with Crippen molar-refractivity contribution in [3.05, 3.63) is 71.8 Å². The molecule has 2 N–H and O–H groups in total. The highest BCUT2D eigenvalue weighted by molar-refractivity contribution is 5.66. The van der Waals surface area contributed by atoms with Crippen LogP contribution >= 0.6 is 0 Å². The molecular formula is C36H46O3. The number of allylic oxidation sites excluding steroid dienone is 1. The van der Waals surface area contributed by atoms with Gasteiger partial charge in [0.15, 0.2) is 0 Å². The monoisotopic (exact) mass is 526 g/mol. The molecule has 2 aromatic rings. The Hall–Kier alpha value is -2.39. The smallest absolute Gasteiger partial charge is 0.303 e. The van der Waals surface area contributed by atoms with Gasteiger partial charge in [0.05, 0.1) is 5.60 Å². The highest BCUT2D eigenvalue weighted by Gasteiger charge is 2.60. The Morgan fingerprint density at radius 1 is 0.923 bits per heavy atom. The number of rotatable bonds is 6. The maximum absolute atomic E-state index is 11.9. The third-order valence-electron chi connectivity index (χ3n) is 12.3. The number of hydrogen-bond donors (Lipinski definition) is 2. The summed E-state index contributed by atoms with van der Waals surface area (Å²) in [6.07, 6.45) is 12.5. The number of aliphatic hydroxyl groups is 1. The van der Waals surface area contributed by atoms with E-state index in [1.165, 1.54) is 42.4 Å². The number of hydrogen-bond acceptors (Lipinski definition) is 2. The number of carboxylic acid groups (broad SMARTS) is 1. The van der Waals surface area contributed by atoms with Crippen LogP contribution in [0.5, 0.6) is 0 Å². The molecule has 3 nitrogen and oxygen atoms in total. The van der Waals surface area contributed by atoms with E-state index in [0.717, 1.165) is 49.5 Å². The van der Waals surface area contributed by atoms with Gasteiger partial charge >= 0.3 is 5.97 Å². The number of fused-ring (bicyclic) bond motifs is 5. The fraction of sp³-hybridized carbons (Fsp3) is 0.583. The van der Waals surface area contributed by atoms with Gasteiger partial charge in [-0.15, -0.1) is 0 Å². The zero-order valence-electron chi connectivity index (χ0n) is 24.0. The van der Waals surface area contributed by atoms with Crippen LogP contribution < -0.4 is 0 Å². The van der Waals surface area contributed by atoms with Crippen molar-refractivity contribution in [2.75, 3.05) is 0 Å². The van der Waals surface area contributed by atoms with E-state index in [1.54, 1.807) is 0 Å². The van der Waals surface area contributed by atoms with Crippen LogP contribution in [0.2, 0.25) is 0 Å². The lowest BCUT2D eigenvalue weighted by Crippen LogP contribution is -2.52. The molecule has 0 aliphatic heterocycles. The molecule has 39 heavy (non-hydrogen) atoms. The second-order valence-corrected chi connectivity index (χ2v) is 14.0. The van der Waals surface area contributed by atoms with Crippen LogP contribution in [0.1, 0.15) is 90.5 Å². The van der Waals surface area contributed by atoms with Crippen LogP contribution in [0.15, 0.2) is 66.2 Å². The van der Waals surface area contributed by atoms with Gasteiger partial charge in [0, 0.05) is 12.8 Å². The van der Waals surface area contributed by atoms with E-state index >= 15 is 0 Å². The van der Waals surface area contributed by atoms with Gasteiger partial charge in [-0.2, -0.15) is 0 Å². The Morgan fingerprint density at radius 3 is 2.36 bits per heavy atom. The normalized spacial score (nSPS) is 38.2. The SMILES string of the molecule is C[C@H](CCC(=O)O)[C@H]1CC[C@H]2[C@@H]3CC=C4C[C@@](O)(c5ccc(-c6ccccc6)cc5)CC[C@]4(C)[C@H]3CC[C@]12C. The molecule has 0 bridgehead atoms. The maximum Gasteiger partial charge on any atom is 0.303 e. The first-order valence-electron chi connectivity index (χ1n) is 15.4. The minimum absolute atomic E-state index is 0.188. The zero-order valence-corrected chi connectivity index (χ0v) is 24.0. The molecule has 3 fully saturated rings. The van der Waals surface area contributed by atoms with Crippen LogP contribution in [0.4, 0.5) is 0 Å². The third kappa shape index (κ3) is 4.49. The Kier molecular flexibility index (Phi) is 6.81. The van der Waals surface area contributed by atoms with E-state index in [2.05, 4.69) is 75.4 Å². The van der Waals surface area contributed by atoms with Crippen molar-refractivity contribution in [2.45, 2.75) is 90.6 Å². The van der Waals surface area contributed by atoms with E-state index in [1.807, 2.05) is 6.07 Å². The molecule has 4 aliphatic carbocycles. The summed E-state index contributed by atoms with van der Waals surface area (Å²) in [5, 5.41) is 21.2. The lowest BCUT2D eigenvalue weighted by atomic mass is 9.46. The van der Waals surface area contributed by atoms with Crippen LogP contribution in [0.25, 0.3) is 11.1 Å². The minimum atomic E-state index is -0.783. The van der Waals surface area contributed by atoms with Crippen molar-refractivity contribution in [1.29, 1.82) is 0 Å². The first-order chi connectivity index (χ1) is 18.6. The topological polar surface area (TPSA) is 57.5 Å². The largest absolute Gasteiger partial charge is 0.481 e. The quantitative estimate of drug-likeness (QED) is 0.370. The average Bonchev–Trinajstić information content (AvgIpc) is 3.30. The van der Waals surface area contributed by atoms with Crippen LogP contribution in [-0.2, 0) is 10.4 Å².